The van der Waals surface area contributed by atoms with E-state index in [1.807, 2.05) is 0 Å². The number of fused-ring (bicyclic) bond motifs is 1. The van der Waals surface area contributed by atoms with Gasteiger partial charge in [0.25, 0.3) is 0 Å². The van der Waals surface area contributed by atoms with Crippen molar-refractivity contribution in [3.63, 3.8) is 0 Å². The molecule has 0 aromatic carbocycles. The predicted molar refractivity (Wildman–Crippen MR) is 68.4 cm³/mol. The minimum atomic E-state index is -0.608. The fourth-order valence-electron chi connectivity index (χ4n) is 1.78. The molecule has 0 bridgehead atoms. The third-order valence-corrected chi connectivity index (χ3v) is 2.61. The van der Waals surface area contributed by atoms with Gasteiger partial charge in [-0.3, -0.25) is 0 Å². The number of rotatable bonds is 3. The monoisotopic (exact) mass is 262 g/mol. The number of carbonyl (C=O) groups is 1. The lowest BCUT2D eigenvalue weighted by molar-refractivity contribution is 0.0523. The quantitative estimate of drug-likeness (QED) is 0.850. The Morgan fingerprint density at radius 2 is 2.21 bits per heavy atom. The van der Waals surface area contributed by atoms with Crippen molar-refractivity contribution in [3.8, 4) is 11.6 Å². The number of pyridine rings is 2. The molecule has 2 rings (SSSR count). The van der Waals surface area contributed by atoms with Crippen LogP contribution >= 0.6 is 0 Å². The summed E-state index contributed by atoms with van der Waals surface area (Å²) >= 11 is 0. The Morgan fingerprint density at radius 3 is 2.84 bits per heavy atom. The lowest BCUT2D eigenvalue weighted by Gasteiger charge is -2.09. The third kappa shape index (κ3) is 2.29. The first-order valence-corrected chi connectivity index (χ1v) is 5.79. The Hall–Kier alpha value is -2.37. The summed E-state index contributed by atoms with van der Waals surface area (Å²) in [6, 6.07) is 1.64. The minimum absolute atomic E-state index is 0.0296. The van der Waals surface area contributed by atoms with Gasteiger partial charge in [-0.25, -0.2) is 14.8 Å². The molecule has 0 aliphatic rings. The number of carbonyl (C=O) groups excluding carboxylic acids is 1. The molecule has 2 aromatic rings. The first-order chi connectivity index (χ1) is 9.08. The van der Waals surface area contributed by atoms with Crippen molar-refractivity contribution < 1.29 is 19.4 Å². The second kappa shape index (κ2) is 5.09. The normalized spacial score (nSPS) is 10.5. The van der Waals surface area contributed by atoms with Crippen LogP contribution in [-0.2, 0) is 4.74 Å². The Morgan fingerprint density at radius 1 is 1.47 bits per heavy atom. The van der Waals surface area contributed by atoms with Gasteiger partial charge < -0.3 is 14.6 Å². The van der Waals surface area contributed by atoms with E-state index in [1.54, 1.807) is 19.9 Å². The van der Waals surface area contributed by atoms with Gasteiger partial charge in [-0.2, -0.15) is 0 Å². The highest BCUT2D eigenvalue weighted by molar-refractivity contribution is 6.00. The molecule has 6 nitrogen and oxygen atoms in total. The number of methoxy groups -OCH3 is 1. The number of hydrogen-bond acceptors (Lipinski definition) is 6. The van der Waals surface area contributed by atoms with Gasteiger partial charge in [0.05, 0.1) is 19.1 Å². The minimum Gasteiger partial charge on any atom is -0.506 e. The molecule has 2 heterocycles. The molecule has 1 N–H and O–H groups in total. The maximum atomic E-state index is 11.7. The van der Waals surface area contributed by atoms with Gasteiger partial charge in [0.15, 0.2) is 0 Å². The van der Waals surface area contributed by atoms with E-state index < -0.39 is 5.97 Å². The molecule has 0 fully saturated rings. The van der Waals surface area contributed by atoms with Gasteiger partial charge in [-0.05, 0) is 19.9 Å². The van der Waals surface area contributed by atoms with Crippen LogP contribution in [0.5, 0.6) is 11.6 Å². The molecule has 2 aromatic heterocycles. The lowest BCUT2D eigenvalue weighted by Crippen LogP contribution is -2.06. The average Bonchev–Trinajstić information content (AvgIpc) is 2.39. The van der Waals surface area contributed by atoms with Crippen molar-refractivity contribution in [3.05, 3.63) is 23.5 Å². The van der Waals surface area contributed by atoms with Crippen LogP contribution in [0.15, 0.2) is 12.3 Å². The Bertz CT molecular complexity index is 640. The Kier molecular flexibility index (Phi) is 3.50. The molecule has 0 saturated heterocycles. The van der Waals surface area contributed by atoms with Crippen LogP contribution in [-0.4, -0.2) is 34.8 Å². The summed E-state index contributed by atoms with van der Waals surface area (Å²) in [6.07, 6.45) is 1.26. The summed E-state index contributed by atoms with van der Waals surface area (Å²) in [5, 5.41) is 10.6. The number of hydrogen-bond donors (Lipinski definition) is 1. The lowest BCUT2D eigenvalue weighted by atomic mass is 10.1. The zero-order valence-electron chi connectivity index (χ0n) is 10.9. The fourth-order valence-corrected chi connectivity index (χ4v) is 1.78. The van der Waals surface area contributed by atoms with Crippen molar-refractivity contribution in [2.75, 3.05) is 13.7 Å². The van der Waals surface area contributed by atoms with Crippen molar-refractivity contribution in [1.29, 1.82) is 0 Å². The van der Waals surface area contributed by atoms with Gasteiger partial charge >= 0.3 is 5.97 Å². The Labute approximate surface area is 110 Å². The molecule has 0 spiro atoms. The Balaban J connectivity index is 2.68. The zero-order chi connectivity index (χ0) is 14.0. The summed E-state index contributed by atoms with van der Waals surface area (Å²) in [7, 11) is 1.47. The summed E-state index contributed by atoms with van der Waals surface area (Å²) in [6.45, 7) is 3.69. The van der Waals surface area contributed by atoms with Gasteiger partial charge in [-0.1, -0.05) is 0 Å². The SMILES string of the molecule is CCOC(=O)c1cnc2c(OC)nc(C)cc2c1O. The molecular formula is C13H14N2O4. The molecule has 0 saturated carbocycles. The van der Waals surface area contributed by atoms with Crippen LogP contribution in [0.4, 0.5) is 0 Å². The van der Waals surface area contributed by atoms with E-state index in [9.17, 15) is 9.90 Å². The van der Waals surface area contributed by atoms with Crippen LogP contribution in [0.25, 0.3) is 10.9 Å². The van der Waals surface area contributed by atoms with E-state index in [2.05, 4.69) is 9.97 Å². The topological polar surface area (TPSA) is 81.5 Å². The standard InChI is InChI=1S/C13H14N2O4/c1-4-19-13(17)9-6-14-10-8(11(9)16)5-7(2)15-12(10)18-3/h5-6H,4H2,1-3H3,(H,14,16). The highest BCUT2D eigenvalue weighted by atomic mass is 16.5. The smallest absolute Gasteiger partial charge is 0.343 e. The van der Waals surface area contributed by atoms with Crippen LogP contribution in [0.2, 0.25) is 0 Å². The van der Waals surface area contributed by atoms with Gasteiger partial charge in [0, 0.05) is 11.9 Å². The molecule has 0 atom stereocenters. The van der Waals surface area contributed by atoms with E-state index in [1.165, 1.54) is 13.3 Å². The van der Waals surface area contributed by atoms with Crippen LogP contribution in [0.1, 0.15) is 23.0 Å². The van der Waals surface area contributed by atoms with Crippen LogP contribution in [0.3, 0.4) is 0 Å². The van der Waals surface area contributed by atoms with Crippen molar-refractivity contribution in [2.45, 2.75) is 13.8 Å². The van der Waals surface area contributed by atoms with E-state index in [0.717, 1.165) is 0 Å². The number of ether oxygens (including phenoxy) is 2. The number of aromatic nitrogens is 2. The number of nitrogens with zero attached hydrogens (tertiary/aromatic N) is 2. The van der Waals surface area contributed by atoms with Crippen molar-refractivity contribution in [1.82, 2.24) is 9.97 Å². The van der Waals surface area contributed by atoms with Crippen LogP contribution < -0.4 is 4.74 Å². The first-order valence-electron chi connectivity index (χ1n) is 5.79. The van der Waals surface area contributed by atoms with Gasteiger partial charge in [0.2, 0.25) is 5.88 Å². The highest BCUT2D eigenvalue weighted by Gasteiger charge is 2.18. The van der Waals surface area contributed by atoms with Gasteiger partial charge in [0.1, 0.15) is 16.8 Å². The molecule has 19 heavy (non-hydrogen) atoms. The predicted octanol–water partition coefficient (Wildman–Crippen LogP) is 1.83. The fraction of sp³-hybridized carbons (Fsp3) is 0.308. The number of esters is 1. The number of aryl methyl sites for hydroxylation is 1. The van der Waals surface area contributed by atoms with Crippen LogP contribution in [0, 0.1) is 6.92 Å². The van der Waals surface area contributed by atoms with Gasteiger partial charge in [-0.15, -0.1) is 0 Å². The van der Waals surface area contributed by atoms with E-state index >= 15 is 0 Å². The molecule has 0 radical (unpaired) electrons. The van der Waals surface area contributed by atoms with E-state index in [0.29, 0.717) is 22.5 Å². The summed E-state index contributed by atoms with van der Waals surface area (Å²) in [4.78, 5) is 19.9. The maximum absolute atomic E-state index is 11.7. The molecule has 0 amide bonds. The summed E-state index contributed by atoms with van der Waals surface area (Å²) < 4.78 is 9.97. The highest BCUT2D eigenvalue weighted by Crippen LogP contribution is 2.32. The molecule has 0 aliphatic heterocycles. The molecule has 0 aliphatic carbocycles. The second-order valence-corrected chi connectivity index (χ2v) is 3.91. The second-order valence-electron chi connectivity index (χ2n) is 3.91. The average molecular weight is 262 g/mol. The summed E-state index contributed by atoms with van der Waals surface area (Å²) in [5.41, 5.74) is 1.09. The van der Waals surface area contributed by atoms with E-state index in [-0.39, 0.29) is 17.9 Å². The van der Waals surface area contributed by atoms with Crippen molar-refractivity contribution in [2.24, 2.45) is 0 Å². The summed E-state index contributed by atoms with van der Waals surface area (Å²) in [5.74, 6) is -0.476. The van der Waals surface area contributed by atoms with E-state index in [4.69, 9.17) is 9.47 Å². The molecular weight excluding hydrogens is 248 g/mol. The first kappa shape index (κ1) is 13.1. The molecule has 0 unspecified atom stereocenters. The largest absolute Gasteiger partial charge is 0.506 e. The zero-order valence-corrected chi connectivity index (χ0v) is 10.9. The third-order valence-electron chi connectivity index (χ3n) is 2.61. The molecule has 100 valence electrons. The van der Waals surface area contributed by atoms with Crippen molar-refractivity contribution >= 4 is 16.9 Å². The molecule has 6 heteroatoms. The maximum Gasteiger partial charge on any atom is 0.343 e. The number of aromatic hydroxyl groups is 1.